The molecule has 11 heteroatoms. The van der Waals surface area contributed by atoms with Crippen LogP contribution in [0.5, 0.6) is 0 Å². The van der Waals surface area contributed by atoms with Crippen molar-refractivity contribution < 1.29 is 30.8 Å². The van der Waals surface area contributed by atoms with E-state index in [4.69, 9.17) is 5.14 Å². The normalized spacial score (nSPS) is 23.1. The van der Waals surface area contributed by atoms with Crippen LogP contribution in [0.15, 0.2) is 39.7 Å². The van der Waals surface area contributed by atoms with Crippen LogP contribution in [-0.4, -0.2) is 27.0 Å². The molecule has 0 unspecified atom stereocenters. The number of carbonyl (C=O) groups is 1. The fourth-order valence-electron chi connectivity index (χ4n) is 4.48. The van der Waals surface area contributed by atoms with E-state index in [9.17, 15) is 30.8 Å². The SMILES string of the molecule is C[C@H]1c2ccc(Br)cc2C[C@@H]1C(=O)N1C[C@H](C(F)(F)F)c2cc(F)c(S(N)(=O)=O)cc21. The van der Waals surface area contributed by atoms with Crippen LogP contribution in [0.25, 0.3) is 0 Å². The predicted molar refractivity (Wildman–Crippen MR) is 109 cm³/mol. The van der Waals surface area contributed by atoms with E-state index in [1.54, 1.807) is 0 Å². The van der Waals surface area contributed by atoms with Crippen molar-refractivity contribution in [3.63, 3.8) is 0 Å². The Labute approximate surface area is 184 Å². The summed E-state index contributed by atoms with van der Waals surface area (Å²) in [4.78, 5) is 13.3. The van der Waals surface area contributed by atoms with Gasteiger partial charge in [-0.25, -0.2) is 17.9 Å². The molecule has 1 aliphatic heterocycles. The number of benzene rings is 2. The van der Waals surface area contributed by atoms with Crippen molar-refractivity contribution >= 4 is 37.5 Å². The Hall–Kier alpha value is -1.98. The lowest BCUT2D eigenvalue weighted by Crippen LogP contribution is -2.38. The average Bonchev–Trinajstić information content (AvgIpc) is 3.17. The van der Waals surface area contributed by atoms with Gasteiger partial charge in [-0.2, -0.15) is 13.2 Å². The van der Waals surface area contributed by atoms with Crippen LogP contribution in [0.4, 0.5) is 23.2 Å². The number of amides is 1. The predicted octanol–water partition coefficient (Wildman–Crippen LogP) is 4.20. The minimum atomic E-state index is -4.74. The first-order valence-electron chi connectivity index (χ1n) is 9.31. The number of nitrogens with zero attached hydrogens (tertiary/aromatic N) is 1. The van der Waals surface area contributed by atoms with Crippen molar-refractivity contribution in [2.24, 2.45) is 11.1 Å². The summed E-state index contributed by atoms with van der Waals surface area (Å²) >= 11 is 3.37. The second-order valence-corrected chi connectivity index (χ2v) is 10.3. The summed E-state index contributed by atoms with van der Waals surface area (Å²) in [6, 6.07) is 6.80. The van der Waals surface area contributed by atoms with Crippen LogP contribution in [-0.2, 0) is 21.2 Å². The van der Waals surface area contributed by atoms with Gasteiger partial charge < -0.3 is 4.90 Å². The molecule has 4 rings (SSSR count). The van der Waals surface area contributed by atoms with E-state index in [1.165, 1.54) is 0 Å². The Bertz CT molecular complexity index is 1200. The molecule has 0 aromatic heterocycles. The first kappa shape index (κ1) is 22.2. The Morgan fingerprint density at radius 1 is 1.19 bits per heavy atom. The zero-order chi connectivity index (χ0) is 22.9. The molecule has 3 atom stereocenters. The molecule has 0 radical (unpaired) electrons. The van der Waals surface area contributed by atoms with Gasteiger partial charge in [0.15, 0.2) is 0 Å². The Morgan fingerprint density at radius 3 is 2.48 bits per heavy atom. The summed E-state index contributed by atoms with van der Waals surface area (Å²) in [6.07, 6.45) is -4.41. The van der Waals surface area contributed by atoms with Crippen LogP contribution in [0.2, 0.25) is 0 Å². The van der Waals surface area contributed by atoms with E-state index in [0.717, 1.165) is 26.6 Å². The van der Waals surface area contributed by atoms with Gasteiger partial charge in [-0.1, -0.05) is 28.9 Å². The van der Waals surface area contributed by atoms with Crippen molar-refractivity contribution in [3.8, 4) is 0 Å². The molecule has 1 aliphatic carbocycles. The van der Waals surface area contributed by atoms with Gasteiger partial charge >= 0.3 is 6.18 Å². The minimum absolute atomic E-state index is 0.248. The summed E-state index contributed by atoms with van der Waals surface area (Å²) < 4.78 is 79.5. The maximum absolute atomic E-state index is 14.3. The number of rotatable bonds is 2. The van der Waals surface area contributed by atoms with Crippen molar-refractivity contribution in [3.05, 3.63) is 57.3 Å². The zero-order valence-corrected chi connectivity index (χ0v) is 18.5. The Balaban J connectivity index is 1.78. The molecule has 2 aliphatic rings. The molecule has 166 valence electrons. The molecule has 31 heavy (non-hydrogen) atoms. The number of anilines is 1. The molecule has 1 amide bonds. The quantitative estimate of drug-likeness (QED) is 0.602. The number of halogens is 5. The van der Waals surface area contributed by atoms with E-state index in [1.807, 2.05) is 25.1 Å². The van der Waals surface area contributed by atoms with E-state index in [2.05, 4.69) is 15.9 Å². The molecule has 5 nitrogen and oxygen atoms in total. The fourth-order valence-corrected chi connectivity index (χ4v) is 5.50. The molecular weight excluding hydrogens is 504 g/mol. The maximum Gasteiger partial charge on any atom is 0.397 e. The van der Waals surface area contributed by atoms with Crippen LogP contribution in [0.1, 0.15) is 35.4 Å². The Kier molecular flexibility index (Phi) is 5.22. The van der Waals surface area contributed by atoms with Gasteiger partial charge in [-0.3, -0.25) is 4.79 Å². The van der Waals surface area contributed by atoms with E-state index < -0.39 is 56.8 Å². The van der Waals surface area contributed by atoms with Gasteiger partial charge in [-0.15, -0.1) is 0 Å². The van der Waals surface area contributed by atoms with E-state index >= 15 is 0 Å². The number of carbonyl (C=O) groups excluding carboxylic acids is 1. The van der Waals surface area contributed by atoms with Crippen LogP contribution in [0.3, 0.4) is 0 Å². The summed E-state index contributed by atoms with van der Waals surface area (Å²) in [5.41, 5.74) is 1.09. The molecular formula is C20H17BrF4N2O3S. The average molecular weight is 521 g/mol. The smallest absolute Gasteiger partial charge is 0.311 e. The number of alkyl halides is 3. The number of hydrogen-bond donors (Lipinski definition) is 1. The molecule has 0 saturated heterocycles. The third-order valence-corrected chi connectivity index (χ3v) is 7.46. The monoisotopic (exact) mass is 520 g/mol. The molecule has 0 fully saturated rings. The standard InChI is InChI=1S/C20H17BrF4N2O3S/c1-9-12-3-2-11(21)4-10(12)5-13(9)19(28)27-8-15(20(23,24)25)14-6-16(22)18(7-17(14)27)31(26,29)30/h2-4,6-7,9,13,15H,5,8H2,1H3,(H2,26,29,30)/t9-,13-,15-/m0/s1. The highest BCUT2D eigenvalue weighted by atomic mass is 79.9. The molecule has 0 spiro atoms. The van der Waals surface area contributed by atoms with Gasteiger partial charge in [0.25, 0.3) is 0 Å². The van der Waals surface area contributed by atoms with Crippen LogP contribution < -0.4 is 10.0 Å². The molecule has 2 aromatic rings. The number of nitrogens with two attached hydrogens (primary N) is 1. The second-order valence-electron chi connectivity index (χ2n) is 7.87. The summed E-state index contributed by atoms with van der Waals surface area (Å²) in [7, 11) is -4.53. The van der Waals surface area contributed by atoms with Gasteiger partial charge in [0.1, 0.15) is 10.7 Å². The third kappa shape index (κ3) is 3.76. The lowest BCUT2D eigenvalue weighted by Gasteiger charge is -2.25. The molecule has 0 saturated carbocycles. The first-order valence-corrected chi connectivity index (χ1v) is 11.7. The largest absolute Gasteiger partial charge is 0.397 e. The molecule has 2 N–H and O–H groups in total. The topological polar surface area (TPSA) is 80.5 Å². The number of hydrogen-bond acceptors (Lipinski definition) is 3. The van der Waals surface area contributed by atoms with Crippen molar-refractivity contribution in [1.29, 1.82) is 0 Å². The third-order valence-electron chi connectivity index (χ3n) is 6.04. The van der Waals surface area contributed by atoms with Gasteiger partial charge in [0.2, 0.25) is 15.9 Å². The first-order chi connectivity index (χ1) is 14.3. The second kappa shape index (κ2) is 7.28. The summed E-state index contributed by atoms with van der Waals surface area (Å²) in [5.74, 6) is -4.95. The maximum atomic E-state index is 14.3. The highest BCUT2D eigenvalue weighted by Gasteiger charge is 2.50. The zero-order valence-electron chi connectivity index (χ0n) is 16.1. The highest BCUT2D eigenvalue weighted by molar-refractivity contribution is 9.10. The number of sulfonamides is 1. The van der Waals surface area contributed by atoms with Crippen LogP contribution >= 0.6 is 15.9 Å². The van der Waals surface area contributed by atoms with Crippen molar-refractivity contribution in [2.75, 3.05) is 11.4 Å². The van der Waals surface area contributed by atoms with Crippen molar-refractivity contribution in [1.82, 2.24) is 0 Å². The van der Waals surface area contributed by atoms with E-state index in [-0.39, 0.29) is 11.6 Å². The minimum Gasteiger partial charge on any atom is -0.311 e. The van der Waals surface area contributed by atoms with Crippen LogP contribution in [0, 0.1) is 11.7 Å². The van der Waals surface area contributed by atoms with Gasteiger partial charge in [0.05, 0.1) is 5.92 Å². The number of fused-ring (bicyclic) bond motifs is 2. The van der Waals surface area contributed by atoms with Gasteiger partial charge in [0, 0.05) is 22.6 Å². The van der Waals surface area contributed by atoms with E-state index in [0.29, 0.717) is 12.5 Å². The lowest BCUT2D eigenvalue weighted by molar-refractivity contribution is -0.147. The highest BCUT2D eigenvalue weighted by Crippen LogP contribution is 2.48. The Morgan fingerprint density at radius 2 is 1.87 bits per heavy atom. The van der Waals surface area contributed by atoms with Gasteiger partial charge in [-0.05, 0) is 53.3 Å². The van der Waals surface area contributed by atoms with Crippen molar-refractivity contribution in [2.45, 2.75) is 36.3 Å². The molecule has 0 bridgehead atoms. The summed E-state index contributed by atoms with van der Waals surface area (Å²) in [5, 5.41) is 5.01. The lowest BCUT2D eigenvalue weighted by atomic mass is 9.93. The molecule has 2 aromatic carbocycles. The summed E-state index contributed by atoms with van der Waals surface area (Å²) in [6.45, 7) is 1.08. The fraction of sp³-hybridized carbons (Fsp3) is 0.350. The number of primary sulfonamides is 1. The molecule has 1 heterocycles.